The Morgan fingerprint density at radius 2 is 1.73 bits per heavy atom. The van der Waals surface area contributed by atoms with E-state index < -0.39 is 17.9 Å². The number of aromatic amines is 1. The van der Waals surface area contributed by atoms with Crippen LogP contribution in [0.1, 0.15) is 21.6 Å². The molecule has 0 aliphatic carbocycles. The molecule has 0 fully saturated rings. The number of aliphatic carboxylic acids is 1. The fraction of sp³-hybridized carbons (Fsp3) is 0.150. The second-order valence-electron chi connectivity index (χ2n) is 6.36. The first-order valence-corrected chi connectivity index (χ1v) is 8.27. The van der Waals surface area contributed by atoms with Crippen LogP contribution >= 0.6 is 0 Å². The monoisotopic (exact) mass is 348 g/mol. The number of nitrogens with one attached hydrogen (secondary N) is 1. The summed E-state index contributed by atoms with van der Waals surface area (Å²) in [6.07, 6.45) is 0.245. The minimum Gasteiger partial charge on any atom is -0.480 e. The van der Waals surface area contributed by atoms with Crippen molar-refractivity contribution in [3.63, 3.8) is 0 Å². The lowest BCUT2D eigenvalue weighted by molar-refractivity contribution is -0.142. The summed E-state index contributed by atoms with van der Waals surface area (Å²) in [5.41, 5.74) is 1.58. The number of carboxylic acid groups (broad SMARTS) is 1. The van der Waals surface area contributed by atoms with Gasteiger partial charge in [0.15, 0.2) is 0 Å². The summed E-state index contributed by atoms with van der Waals surface area (Å²) in [6, 6.07) is 15.1. The highest BCUT2D eigenvalue weighted by Gasteiger charge is 2.35. The fourth-order valence-electron chi connectivity index (χ4n) is 3.44. The third-order valence-corrected chi connectivity index (χ3v) is 4.78. The number of carbonyl (C=O) groups excluding carboxylic acids is 1. The molecule has 0 bridgehead atoms. The number of benzene rings is 2. The summed E-state index contributed by atoms with van der Waals surface area (Å²) >= 11 is 0. The zero-order valence-corrected chi connectivity index (χ0v) is 13.8. The Labute approximate surface area is 148 Å². The predicted octanol–water partition coefficient (Wildman–Crippen LogP) is 2.18. The van der Waals surface area contributed by atoms with Gasteiger partial charge in [-0.3, -0.25) is 9.59 Å². The van der Waals surface area contributed by atoms with Crippen LogP contribution in [-0.2, 0) is 17.8 Å². The first-order valence-electron chi connectivity index (χ1n) is 8.27. The van der Waals surface area contributed by atoms with Gasteiger partial charge in [-0.1, -0.05) is 42.5 Å². The lowest BCUT2D eigenvalue weighted by Gasteiger charge is -2.34. The fourth-order valence-corrected chi connectivity index (χ4v) is 3.44. The number of fused-ring (bicyclic) bond motifs is 2. The number of pyridine rings is 1. The Balaban J connectivity index is 1.77. The molecule has 4 rings (SSSR count). The van der Waals surface area contributed by atoms with Crippen LogP contribution in [0.4, 0.5) is 0 Å². The van der Waals surface area contributed by atoms with E-state index in [1.165, 1.54) is 4.90 Å². The van der Waals surface area contributed by atoms with Gasteiger partial charge in [0.2, 0.25) is 0 Å². The average molecular weight is 348 g/mol. The lowest BCUT2D eigenvalue weighted by Crippen LogP contribution is -2.49. The van der Waals surface area contributed by atoms with Crippen LogP contribution in [0.5, 0.6) is 0 Å². The molecule has 2 N–H and O–H groups in total. The van der Waals surface area contributed by atoms with Crippen LogP contribution in [0, 0.1) is 0 Å². The van der Waals surface area contributed by atoms with Crippen molar-refractivity contribution in [2.75, 3.05) is 0 Å². The molecule has 2 heterocycles. The van der Waals surface area contributed by atoms with E-state index in [-0.39, 0.29) is 24.2 Å². The minimum atomic E-state index is -1.06. The summed E-state index contributed by atoms with van der Waals surface area (Å²) in [5.74, 6) is -1.55. The quantitative estimate of drug-likeness (QED) is 0.743. The van der Waals surface area contributed by atoms with Gasteiger partial charge in [0.1, 0.15) is 11.7 Å². The predicted molar refractivity (Wildman–Crippen MR) is 96.0 cm³/mol. The smallest absolute Gasteiger partial charge is 0.326 e. The van der Waals surface area contributed by atoms with Gasteiger partial charge in [0, 0.05) is 18.4 Å². The van der Waals surface area contributed by atoms with Crippen LogP contribution in [0.15, 0.2) is 59.4 Å². The summed E-state index contributed by atoms with van der Waals surface area (Å²) in [6.45, 7) is 0.195. The van der Waals surface area contributed by atoms with E-state index in [2.05, 4.69) is 4.98 Å². The molecule has 0 saturated carbocycles. The first-order chi connectivity index (χ1) is 12.5. The summed E-state index contributed by atoms with van der Waals surface area (Å²) in [5, 5.41) is 10.7. The Bertz CT molecular complexity index is 1090. The molecule has 3 aromatic rings. The van der Waals surface area contributed by atoms with Crippen molar-refractivity contribution >= 4 is 22.6 Å². The topological polar surface area (TPSA) is 90.5 Å². The minimum absolute atomic E-state index is 0.0966. The normalized spacial score (nSPS) is 16.3. The van der Waals surface area contributed by atoms with Crippen molar-refractivity contribution in [2.45, 2.75) is 19.0 Å². The molecule has 1 atom stereocenters. The van der Waals surface area contributed by atoms with Crippen LogP contribution < -0.4 is 5.56 Å². The third kappa shape index (κ3) is 2.65. The molecule has 2 aromatic carbocycles. The van der Waals surface area contributed by atoms with Gasteiger partial charge in [0.25, 0.3) is 11.5 Å². The highest BCUT2D eigenvalue weighted by atomic mass is 16.4. The maximum atomic E-state index is 13.0. The SMILES string of the molecule is O=C(O)C1Cc2ccccc2CN1C(=O)c1cc2ccccc2c(=O)[nH]1. The number of carboxylic acids is 1. The number of hydrogen-bond acceptors (Lipinski definition) is 3. The number of nitrogens with zero attached hydrogens (tertiary/aromatic N) is 1. The molecular weight excluding hydrogens is 332 g/mol. The highest BCUT2D eigenvalue weighted by molar-refractivity contribution is 5.98. The van der Waals surface area contributed by atoms with Gasteiger partial charge in [0.05, 0.1) is 0 Å². The van der Waals surface area contributed by atoms with Gasteiger partial charge < -0.3 is 15.0 Å². The maximum absolute atomic E-state index is 13.0. The molecule has 1 amide bonds. The lowest BCUT2D eigenvalue weighted by atomic mass is 9.93. The Hall–Kier alpha value is -3.41. The second-order valence-corrected chi connectivity index (χ2v) is 6.36. The van der Waals surface area contributed by atoms with Crippen molar-refractivity contribution in [2.24, 2.45) is 0 Å². The summed E-state index contributed by atoms with van der Waals surface area (Å²) in [4.78, 5) is 40.9. The molecule has 130 valence electrons. The van der Waals surface area contributed by atoms with E-state index in [9.17, 15) is 19.5 Å². The van der Waals surface area contributed by atoms with Crippen LogP contribution in [-0.4, -0.2) is 32.9 Å². The number of rotatable bonds is 2. The van der Waals surface area contributed by atoms with E-state index in [0.717, 1.165) is 11.1 Å². The van der Waals surface area contributed by atoms with Crippen molar-refractivity contribution < 1.29 is 14.7 Å². The molecule has 26 heavy (non-hydrogen) atoms. The number of aromatic nitrogens is 1. The molecule has 0 radical (unpaired) electrons. The van der Waals surface area contributed by atoms with E-state index in [4.69, 9.17) is 0 Å². The third-order valence-electron chi connectivity index (χ3n) is 4.78. The van der Waals surface area contributed by atoms with Gasteiger partial charge in [-0.05, 0) is 28.6 Å². The van der Waals surface area contributed by atoms with Crippen molar-refractivity contribution in [1.82, 2.24) is 9.88 Å². The van der Waals surface area contributed by atoms with Crippen molar-refractivity contribution in [3.05, 3.63) is 81.8 Å². The number of carbonyl (C=O) groups is 2. The maximum Gasteiger partial charge on any atom is 0.326 e. The molecule has 1 aliphatic heterocycles. The van der Waals surface area contributed by atoms with Gasteiger partial charge >= 0.3 is 5.97 Å². The van der Waals surface area contributed by atoms with Crippen molar-refractivity contribution in [1.29, 1.82) is 0 Å². The van der Waals surface area contributed by atoms with Gasteiger partial charge in [-0.15, -0.1) is 0 Å². The van der Waals surface area contributed by atoms with E-state index >= 15 is 0 Å². The zero-order valence-electron chi connectivity index (χ0n) is 13.8. The molecule has 1 unspecified atom stereocenters. The molecule has 0 spiro atoms. The summed E-state index contributed by atoms with van der Waals surface area (Å²) < 4.78 is 0. The Morgan fingerprint density at radius 1 is 1.04 bits per heavy atom. The van der Waals surface area contributed by atoms with E-state index in [0.29, 0.717) is 10.8 Å². The molecule has 1 aromatic heterocycles. The number of amides is 1. The van der Waals surface area contributed by atoms with Crippen LogP contribution in [0.3, 0.4) is 0 Å². The molecule has 6 nitrogen and oxygen atoms in total. The largest absolute Gasteiger partial charge is 0.480 e. The van der Waals surface area contributed by atoms with E-state index in [1.54, 1.807) is 30.3 Å². The second kappa shape index (κ2) is 6.15. The average Bonchev–Trinajstić information content (AvgIpc) is 2.66. The Morgan fingerprint density at radius 3 is 2.50 bits per heavy atom. The van der Waals surface area contributed by atoms with Gasteiger partial charge in [-0.2, -0.15) is 0 Å². The Kier molecular flexibility index (Phi) is 3.80. The molecule has 0 saturated heterocycles. The first kappa shape index (κ1) is 16.1. The molecular formula is C20H16N2O4. The van der Waals surface area contributed by atoms with Gasteiger partial charge in [-0.25, -0.2) is 4.79 Å². The van der Waals surface area contributed by atoms with E-state index in [1.807, 2.05) is 24.3 Å². The number of hydrogen-bond donors (Lipinski definition) is 2. The summed E-state index contributed by atoms with van der Waals surface area (Å²) in [7, 11) is 0. The zero-order chi connectivity index (χ0) is 18.3. The number of H-pyrrole nitrogens is 1. The highest BCUT2D eigenvalue weighted by Crippen LogP contribution is 2.25. The van der Waals surface area contributed by atoms with Crippen molar-refractivity contribution in [3.8, 4) is 0 Å². The van der Waals surface area contributed by atoms with Crippen LogP contribution in [0.2, 0.25) is 0 Å². The molecule has 1 aliphatic rings. The van der Waals surface area contributed by atoms with Crippen LogP contribution in [0.25, 0.3) is 10.8 Å². The standard InChI is InChI=1S/C20H16N2O4/c23-18-15-8-4-3-6-13(15)9-16(21-18)19(24)22-11-14-7-2-1-5-12(14)10-17(22)20(25)26/h1-9,17H,10-11H2,(H,21,23)(H,25,26). The molecule has 6 heteroatoms.